The number of aromatic amines is 1. The van der Waals surface area contributed by atoms with E-state index in [-0.39, 0.29) is 5.92 Å². The number of benzene rings is 6. The third kappa shape index (κ3) is 3.72. The molecule has 7 aromatic rings. The zero-order valence-corrected chi connectivity index (χ0v) is 25.5. The quantitative estimate of drug-likeness (QED) is 0.322. The topological polar surface area (TPSA) is 15.8 Å². The van der Waals surface area contributed by atoms with Crippen molar-refractivity contribution in [3.8, 4) is 33.4 Å². The predicted molar refractivity (Wildman–Crippen MR) is 200 cm³/mol. The minimum Gasteiger partial charge on any atom is -0.354 e. The van der Waals surface area contributed by atoms with Crippen molar-refractivity contribution < 1.29 is 0 Å². The first-order valence-electron chi connectivity index (χ1n) is 15.3. The van der Waals surface area contributed by atoms with Crippen LogP contribution in [0.15, 0.2) is 109 Å². The first-order valence-corrected chi connectivity index (χ1v) is 15.3. The molecule has 198 valence electrons. The van der Waals surface area contributed by atoms with Crippen LogP contribution in [0.1, 0.15) is 22.6 Å². The fraction of sp³-hybridized carbons (Fsp3) is 0.0270. The molecule has 0 amide bonds. The van der Waals surface area contributed by atoms with Crippen LogP contribution in [0, 0.1) is 0 Å². The lowest BCUT2D eigenvalue weighted by Gasteiger charge is -2.27. The molecule has 0 radical (unpaired) electrons. The summed E-state index contributed by atoms with van der Waals surface area (Å²) in [5, 5.41) is 2.57. The van der Waals surface area contributed by atoms with Gasteiger partial charge in [-0.05, 0) is 56.1 Å². The number of hydrogen-bond donors (Lipinski definition) is 1. The lowest BCUT2D eigenvalue weighted by Crippen LogP contribution is -2.55. The summed E-state index contributed by atoms with van der Waals surface area (Å²) in [6.45, 7) is 0. The van der Waals surface area contributed by atoms with Crippen LogP contribution in [0.2, 0.25) is 0 Å². The molecule has 8 rings (SSSR count). The number of rotatable bonds is 3. The SMILES string of the molecule is Bc1c(B)c(B)c(-c2cccc(-c3ccccc3)c2C2c3ccccc3-c3ccc4c([nH]c5ccccc54)c32)c(B)c1B. The number of hydrogen-bond acceptors (Lipinski definition) is 0. The van der Waals surface area contributed by atoms with Gasteiger partial charge < -0.3 is 4.98 Å². The Labute approximate surface area is 257 Å². The van der Waals surface area contributed by atoms with Crippen molar-refractivity contribution in [3.63, 3.8) is 0 Å². The minimum atomic E-state index is 0.0788. The molecule has 1 aliphatic rings. The van der Waals surface area contributed by atoms with Crippen LogP contribution in [0.5, 0.6) is 0 Å². The molecule has 43 heavy (non-hydrogen) atoms. The van der Waals surface area contributed by atoms with Gasteiger partial charge in [0.2, 0.25) is 0 Å². The molecule has 0 bridgehead atoms. The van der Waals surface area contributed by atoms with E-state index in [0.29, 0.717) is 0 Å². The average molecular weight is 543 g/mol. The molecule has 0 saturated carbocycles. The van der Waals surface area contributed by atoms with E-state index in [2.05, 4.69) is 153 Å². The van der Waals surface area contributed by atoms with Crippen LogP contribution in [-0.4, -0.2) is 44.2 Å². The average Bonchev–Trinajstić information content (AvgIpc) is 3.59. The van der Waals surface area contributed by atoms with Gasteiger partial charge >= 0.3 is 0 Å². The lowest BCUT2D eigenvalue weighted by atomic mass is 9.59. The Morgan fingerprint density at radius 2 is 1.07 bits per heavy atom. The maximum atomic E-state index is 3.88. The zero-order chi connectivity index (χ0) is 29.4. The van der Waals surface area contributed by atoms with Crippen molar-refractivity contribution in [2.45, 2.75) is 5.92 Å². The predicted octanol–water partition coefficient (Wildman–Crippen LogP) is 1.11. The maximum Gasteiger partial charge on any atom is 0.139 e. The van der Waals surface area contributed by atoms with E-state index in [4.69, 9.17) is 0 Å². The van der Waals surface area contributed by atoms with Crippen LogP contribution in [-0.2, 0) is 0 Å². The lowest BCUT2D eigenvalue weighted by molar-refractivity contribution is 1.03. The van der Waals surface area contributed by atoms with E-state index in [9.17, 15) is 0 Å². The van der Waals surface area contributed by atoms with Gasteiger partial charge in [0, 0.05) is 22.2 Å². The molecule has 1 aliphatic carbocycles. The van der Waals surface area contributed by atoms with Crippen molar-refractivity contribution in [2.24, 2.45) is 0 Å². The Hall–Kier alpha value is -4.56. The third-order valence-corrected chi connectivity index (χ3v) is 10.3. The van der Waals surface area contributed by atoms with Crippen LogP contribution in [0.3, 0.4) is 0 Å². The van der Waals surface area contributed by atoms with Gasteiger partial charge in [-0.3, -0.25) is 0 Å². The second kappa shape index (κ2) is 9.74. The number of H-pyrrole nitrogens is 1. The highest BCUT2D eigenvalue weighted by Crippen LogP contribution is 2.54. The summed E-state index contributed by atoms with van der Waals surface area (Å²) >= 11 is 0. The fourth-order valence-electron chi connectivity index (χ4n) is 7.79. The van der Waals surface area contributed by atoms with Crippen LogP contribution < -0.4 is 27.3 Å². The molecule has 1 heterocycles. The molecule has 6 aromatic carbocycles. The van der Waals surface area contributed by atoms with Crippen LogP contribution >= 0.6 is 0 Å². The monoisotopic (exact) mass is 543 g/mol. The maximum absolute atomic E-state index is 3.88. The summed E-state index contributed by atoms with van der Waals surface area (Å²) in [7, 11) is 11.5. The molecule has 1 nitrogen and oxygen atoms in total. The Bertz CT molecular complexity index is 2220. The van der Waals surface area contributed by atoms with Gasteiger partial charge in [0.05, 0.1) is 5.52 Å². The van der Waals surface area contributed by atoms with Crippen molar-refractivity contribution in [1.82, 2.24) is 4.98 Å². The van der Waals surface area contributed by atoms with Gasteiger partial charge in [0.25, 0.3) is 0 Å². The van der Waals surface area contributed by atoms with E-state index >= 15 is 0 Å². The van der Waals surface area contributed by atoms with Gasteiger partial charge in [0.15, 0.2) is 0 Å². The summed E-state index contributed by atoms with van der Waals surface area (Å²) in [4.78, 5) is 3.88. The first kappa shape index (κ1) is 26.1. The largest absolute Gasteiger partial charge is 0.354 e. The summed E-state index contributed by atoms with van der Waals surface area (Å²) < 4.78 is 0. The summed E-state index contributed by atoms with van der Waals surface area (Å²) in [5.41, 5.74) is 21.5. The smallest absolute Gasteiger partial charge is 0.139 e. The zero-order valence-electron chi connectivity index (χ0n) is 25.5. The fourth-order valence-corrected chi connectivity index (χ4v) is 7.79. The molecule has 1 atom stereocenters. The molecule has 0 fully saturated rings. The molecule has 0 aliphatic heterocycles. The number of para-hydroxylation sites is 1. The molecule has 1 N–H and O–H groups in total. The van der Waals surface area contributed by atoms with Crippen molar-refractivity contribution in [3.05, 3.63) is 126 Å². The van der Waals surface area contributed by atoms with E-state index < -0.39 is 0 Å². The van der Waals surface area contributed by atoms with Gasteiger partial charge in [-0.25, -0.2) is 0 Å². The van der Waals surface area contributed by atoms with E-state index in [1.54, 1.807) is 0 Å². The molecular weight excluding hydrogens is 512 g/mol. The molecule has 6 heteroatoms. The summed E-state index contributed by atoms with van der Waals surface area (Å²) in [5.74, 6) is 0.0788. The van der Waals surface area contributed by atoms with Crippen molar-refractivity contribution >= 4 is 88.4 Å². The number of fused-ring (bicyclic) bond motifs is 7. The molecule has 1 unspecified atom stereocenters. The van der Waals surface area contributed by atoms with E-state index in [0.717, 1.165) is 0 Å². The van der Waals surface area contributed by atoms with Gasteiger partial charge in [-0.2, -0.15) is 0 Å². The van der Waals surface area contributed by atoms with Gasteiger partial charge in [-0.15, -0.1) is 16.4 Å². The highest BCUT2D eigenvalue weighted by atomic mass is 14.7. The summed E-state index contributed by atoms with van der Waals surface area (Å²) in [6, 6.07) is 40.4. The Kier molecular flexibility index (Phi) is 5.91. The second-order valence-electron chi connectivity index (χ2n) is 12.3. The van der Waals surface area contributed by atoms with Crippen LogP contribution in [0.4, 0.5) is 0 Å². The molecule has 0 saturated heterocycles. The number of aromatic nitrogens is 1. The van der Waals surface area contributed by atoms with Gasteiger partial charge in [-0.1, -0.05) is 114 Å². The molecule has 0 spiro atoms. The van der Waals surface area contributed by atoms with E-state index in [1.165, 1.54) is 99.2 Å². The number of nitrogens with one attached hydrogen (secondary N) is 1. The standard InChI is InChI=1S/C37H30B5N/c38-32-31(33(39)35(41)36(42)34(32)40)26-15-8-14-20(19-9-2-1-3-10-19)28(26)29-23-13-5-4-11-21(23)24-17-18-25-22-12-6-7-16-27(22)43-37(25)30(24)29/h1-18,29,43H,38-42H2. The van der Waals surface area contributed by atoms with Crippen molar-refractivity contribution in [2.75, 3.05) is 0 Å². The first-order chi connectivity index (χ1) is 21.0. The normalized spacial score (nSPS) is 13.8. The minimum absolute atomic E-state index is 0.0788. The van der Waals surface area contributed by atoms with E-state index in [1.807, 2.05) is 0 Å². The molecular formula is C37H30B5N. The summed E-state index contributed by atoms with van der Waals surface area (Å²) in [6.07, 6.45) is 0. The second-order valence-corrected chi connectivity index (χ2v) is 12.3. The van der Waals surface area contributed by atoms with Crippen molar-refractivity contribution in [1.29, 1.82) is 0 Å². The van der Waals surface area contributed by atoms with Gasteiger partial charge in [0.1, 0.15) is 39.2 Å². The highest BCUT2D eigenvalue weighted by Gasteiger charge is 2.36. The Balaban J connectivity index is 1.55. The highest BCUT2D eigenvalue weighted by molar-refractivity contribution is 6.68. The third-order valence-electron chi connectivity index (χ3n) is 10.3. The molecule has 1 aromatic heterocycles. The van der Waals surface area contributed by atoms with Crippen LogP contribution in [0.25, 0.3) is 55.2 Å². The Morgan fingerprint density at radius 3 is 1.86 bits per heavy atom. The Morgan fingerprint density at radius 1 is 0.442 bits per heavy atom.